The zero-order valence-corrected chi connectivity index (χ0v) is 23.5. The summed E-state index contributed by atoms with van der Waals surface area (Å²) in [6.45, 7) is 6.70. The minimum Gasteiger partial charge on any atom is -0.494 e. The lowest BCUT2D eigenvalue weighted by atomic mass is 9.97. The topological polar surface area (TPSA) is 119 Å². The summed E-state index contributed by atoms with van der Waals surface area (Å²) in [5.41, 5.74) is 1.57. The number of hydroxylamine groups is 1. The van der Waals surface area contributed by atoms with Gasteiger partial charge in [-0.3, -0.25) is 19.3 Å². The molecule has 42 heavy (non-hydrogen) atoms. The van der Waals surface area contributed by atoms with Crippen molar-refractivity contribution in [3.63, 3.8) is 0 Å². The third-order valence-corrected chi connectivity index (χ3v) is 7.80. The number of nitrogens with one attached hydrogen (secondary N) is 2. The molecule has 2 amide bonds. The van der Waals surface area contributed by atoms with E-state index in [0.29, 0.717) is 12.1 Å². The fourth-order valence-corrected chi connectivity index (χ4v) is 5.51. The van der Waals surface area contributed by atoms with Crippen molar-refractivity contribution in [2.75, 3.05) is 46.6 Å². The summed E-state index contributed by atoms with van der Waals surface area (Å²) in [6.07, 6.45) is 0. The van der Waals surface area contributed by atoms with E-state index < -0.39 is 29.0 Å². The number of benzene rings is 2. The number of nitrogens with zero attached hydrogens (tertiary/aromatic N) is 4. The van der Waals surface area contributed by atoms with Gasteiger partial charge in [-0.1, -0.05) is 30.0 Å². The van der Waals surface area contributed by atoms with E-state index in [-0.39, 0.29) is 54.1 Å². The Kier molecular flexibility index (Phi) is 8.31. The minimum absolute atomic E-state index is 0.00760. The number of amides is 2. The van der Waals surface area contributed by atoms with Crippen LogP contribution in [0.1, 0.15) is 40.9 Å². The van der Waals surface area contributed by atoms with Gasteiger partial charge in [-0.15, -0.1) is 0 Å². The molecule has 2 saturated heterocycles. The smallest absolute Gasteiger partial charge is 0.258 e. The largest absolute Gasteiger partial charge is 0.494 e. The predicted molar refractivity (Wildman–Crippen MR) is 148 cm³/mol. The van der Waals surface area contributed by atoms with Crippen molar-refractivity contribution in [1.82, 2.24) is 25.5 Å². The van der Waals surface area contributed by atoms with Gasteiger partial charge in [-0.2, -0.15) is 5.48 Å². The van der Waals surface area contributed by atoms with Crippen molar-refractivity contribution < 1.29 is 33.2 Å². The lowest BCUT2D eigenvalue weighted by molar-refractivity contribution is -0.145. The zero-order chi connectivity index (χ0) is 30.0. The molecule has 0 radical (unpaired) electrons. The Labute approximate surface area is 242 Å². The molecule has 3 N–H and O–H groups in total. The van der Waals surface area contributed by atoms with Crippen molar-refractivity contribution in [3.8, 4) is 17.6 Å². The average molecular weight is 583 g/mol. The number of carbonyl (C=O) groups is 2. The van der Waals surface area contributed by atoms with Gasteiger partial charge >= 0.3 is 0 Å². The van der Waals surface area contributed by atoms with Crippen LogP contribution in [0.4, 0.5) is 8.78 Å². The Bertz CT molecular complexity index is 1490. The Balaban J connectivity index is 1.39. The van der Waals surface area contributed by atoms with E-state index in [9.17, 15) is 19.2 Å². The number of likely N-dealkylation sites (N-methyl/N-ethyl adjacent to an activating group) is 1. The second-order valence-electron chi connectivity index (χ2n) is 10.4. The number of ether oxygens (including phenoxy) is 1. The van der Waals surface area contributed by atoms with Crippen LogP contribution >= 0.6 is 0 Å². The van der Waals surface area contributed by atoms with E-state index in [4.69, 9.17) is 9.57 Å². The first-order chi connectivity index (χ1) is 20.2. The SMILES string of the molecule is CCN1CCN(/C(=N\O)c2ccc(C#C[C@]3(CN4Cc5ccc(OC)c(F)c5C4=O)NOCNC3=O)cc2F)[C@@H](C)C1. The molecule has 2 aromatic carbocycles. The number of carbonyl (C=O) groups excluding carboxylic acids is 2. The van der Waals surface area contributed by atoms with Gasteiger partial charge < -0.3 is 25.1 Å². The molecule has 2 fully saturated rings. The summed E-state index contributed by atoms with van der Waals surface area (Å²) in [4.78, 5) is 36.9. The van der Waals surface area contributed by atoms with Crippen LogP contribution in [0.3, 0.4) is 0 Å². The van der Waals surface area contributed by atoms with Crippen LogP contribution in [0.15, 0.2) is 35.5 Å². The molecule has 0 bridgehead atoms. The number of halogens is 2. The van der Waals surface area contributed by atoms with Crippen molar-refractivity contribution >= 4 is 17.6 Å². The predicted octanol–water partition coefficient (Wildman–Crippen LogP) is 1.49. The molecule has 2 aromatic rings. The van der Waals surface area contributed by atoms with Crippen molar-refractivity contribution in [1.29, 1.82) is 0 Å². The number of methoxy groups -OCH3 is 1. The van der Waals surface area contributed by atoms with Crippen LogP contribution in [0.5, 0.6) is 5.75 Å². The van der Waals surface area contributed by atoms with Gasteiger partial charge in [-0.05, 0) is 43.3 Å². The maximum absolute atomic E-state index is 15.4. The van der Waals surface area contributed by atoms with Gasteiger partial charge in [0.15, 0.2) is 22.9 Å². The molecule has 3 aliphatic heterocycles. The Morgan fingerprint density at radius 3 is 2.74 bits per heavy atom. The Hall–Kier alpha value is -4.25. The Morgan fingerprint density at radius 2 is 2.07 bits per heavy atom. The monoisotopic (exact) mass is 582 g/mol. The number of hydrogen-bond donors (Lipinski definition) is 3. The van der Waals surface area contributed by atoms with E-state index in [1.807, 2.05) is 11.8 Å². The second kappa shape index (κ2) is 11.9. The molecule has 2 atom stereocenters. The first-order valence-corrected chi connectivity index (χ1v) is 13.6. The lowest BCUT2D eigenvalue weighted by Crippen LogP contribution is -2.66. The molecule has 222 valence electrons. The van der Waals surface area contributed by atoms with E-state index in [0.717, 1.165) is 19.6 Å². The summed E-state index contributed by atoms with van der Waals surface area (Å²) in [5, 5.41) is 15.7. The standard InChI is InChI=1S/C29H32F2N6O5/c1-4-35-11-12-37(18(2)14-35)26(33-40)21-7-5-19(13-22(21)30)9-10-29(28(39)32-17-42-34-29)16-36-15-20-6-8-23(41-3)25(31)24(20)27(36)38/h5-8,13,18,34,40H,4,11-12,14-17H2,1-3H3,(H,32,39)/b33-26-/t18-,29+/m0/s1. The molecule has 0 aliphatic carbocycles. The van der Waals surface area contributed by atoms with E-state index in [1.54, 1.807) is 12.1 Å². The maximum Gasteiger partial charge on any atom is 0.258 e. The Morgan fingerprint density at radius 1 is 1.26 bits per heavy atom. The molecule has 0 aromatic heterocycles. The third-order valence-electron chi connectivity index (χ3n) is 7.80. The van der Waals surface area contributed by atoms with Gasteiger partial charge in [0.1, 0.15) is 12.5 Å². The summed E-state index contributed by atoms with van der Waals surface area (Å²) in [6, 6.07) is 7.25. The van der Waals surface area contributed by atoms with Crippen LogP contribution in [0.25, 0.3) is 0 Å². The number of hydrogen-bond acceptors (Lipinski definition) is 8. The van der Waals surface area contributed by atoms with E-state index in [2.05, 4.69) is 39.6 Å². The fraction of sp³-hybridized carbons (Fsp3) is 0.414. The summed E-state index contributed by atoms with van der Waals surface area (Å²) in [7, 11) is 1.31. The number of amidine groups is 1. The molecular weight excluding hydrogens is 550 g/mol. The highest BCUT2D eigenvalue weighted by molar-refractivity contribution is 6.00. The van der Waals surface area contributed by atoms with Crippen LogP contribution in [0.2, 0.25) is 0 Å². The number of rotatable bonds is 5. The fourth-order valence-electron chi connectivity index (χ4n) is 5.51. The van der Waals surface area contributed by atoms with E-state index in [1.165, 1.54) is 30.2 Å². The summed E-state index contributed by atoms with van der Waals surface area (Å²) >= 11 is 0. The van der Waals surface area contributed by atoms with Gasteiger partial charge in [-0.25, -0.2) is 8.78 Å². The first kappa shape index (κ1) is 29.2. The molecule has 3 heterocycles. The highest BCUT2D eigenvalue weighted by Crippen LogP contribution is 2.32. The van der Waals surface area contributed by atoms with E-state index >= 15 is 4.39 Å². The second-order valence-corrected chi connectivity index (χ2v) is 10.4. The van der Waals surface area contributed by atoms with Gasteiger partial charge in [0.2, 0.25) is 0 Å². The normalized spacial score (nSPS) is 22.9. The lowest BCUT2D eigenvalue weighted by Gasteiger charge is -2.40. The third kappa shape index (κ3) is 5.36. The van der Waals surface area contributed by atoms with Crippen molar-refractivity contribution in [3.05, 3.63) is 64.2 Å². The molecular formula is C29H32F2N6O5. The van der Waals surface area contributed by atoms with Crippen molar-refractivity contribution in [2.45, 2.75) is 32.0 Å². The number of oxime groups is 1. The molecule has 11 nitrogen and oxygen atoms in total. The zero-order valence-electron chi connectivity index (χ0n) is 23.5. The number of fused-ring (bicyclic) bond motifs is 1. The quantitative estimate of drug-likeness (QED) is 0.160. The van der Waals surface area contributed by atoms with Crippen molar-refractivity contribution in [2.24, 2.45) is 5.16 Å². The van der Waals surface area contributed by atoms with Crippen LogP contribution in [-0.4, -0.2) is 95.7 Å². The van der Waals surface area contributed by atoms with Gasteiger partial charge in [0, 0.05) is 37.8 Å². The highest BCUT2D eigenvalue weighted by Gasteiger charge is 2.45. The molecule has 0 saturated carbocycles. The minimum atomic E-state index is -1.72. The highest BCUT2D eigenvalue weighted by atomic mass is 19.1. The van der Waals surface area contributed by atoms with Crippen LogP contribution in [0, 0.1) is 23.5 Å². The van der Waals surface area contributed by atoms with Crippen LogP contribution < -0.4 is 15.5 Å². The first-order valence-electron chi connectivity index (χ1n) is 13.6. The molecule has 5 rings (SSSR count). The van der Waals surface area contributed by atoms with Crippen LogP contribution in [-0.2, 0) is 16.2 Å². The van der Waals surface area contributed by atoms with Gasteiger partial charge in [0.05, 0.1) is 24.8 Å². The summed E-state index contributed by atoms with van der Waals surface area (Å²) < 4.78 is 35.2. The maximum atomic E-state index is 15.4. The molecule has 13 heteroatoms. The summed E-state index contributed by atoms with van der Waals surface area (Å²) in [5.74, 6) is 3.07. The molecule has 0 unspecified atom stereocenters. The molecule has 3 aliphatic rings. The average Bonchev–Trinajstić information content (AvgIpc) is 3.30. The number of piperazine rings is 1. The molecule has 0 spiro atoms. The van der Waals surface area contributed by atoms with Gasteiger partial charge in [0.25, 0.3) is 11.8 Å².